The summed E-state index contributed by atoms with van der Waals surface area (Å²) in [5, 5.41) is 4.65. The summed E-state index contributed by atoms with van der Waals surface area (Å²) >= 11 is 0. The molecule has 0 radical (unpaired) electrons. The molecular weight excluding hydrogens is 558 g/mol. The van der Waals surface area contributed by atoms with Crippen LogP contribution in [0.2, 0.25) is 0 Å². The van der Waals surface area contributed by atoms with E-state index in [4.69, 9.17) is 0 Å². The van der Waals surface area contributed by atoms with Gasteiger partial charge in [0.2, 0.25) is 11.8 Å². The monoisotopic (exact) mass is 597 g/mol. The van der Waals surface area contributed by atoms with Crippen LogP contribution in [-0.2, 0) is 32.6 Å². The fourth-order valence-corrected chi connectivity index (χ4v) is 7.41. The number of benzene rings is 4. The van der Waals surface area contributed by atoms with Gasteiger partial charge in [0.1, 0.15) is 6.04 Å². The van der Waals surface area contributed by atoms with Crippen LogP contribution in [0.4, 0.5) is 5.69 Å². The van der Waals surface area contributed by atoms with Gasteiger partial charge < -0.3 is 10.2 Å². The van der Waals surface area contributed by atoms with E-state index >= 15 is 0 Å². The highest BCUT2D eigenvalue weighted by atomic mass is 32.2. The number of aryl methyl sites for hydroxylation is 1. The lowest BCUT2D eigenvalue weighted by molar-refractivity contribution is -0.141. The second-order valence-corrected chi connectivity index (χ2v) is 13.4. The molecule has 7 nitrogen and oxygen atoms in total. The Balaban J connectivity index is 1.40. The second-order valence-electron chi connectivity index (χ2n) is 11.6. The van der Waals surface area contributed by atoms with Crippen molar-refractivity contribution < 1.29 is 18.0 Å². The summed E-state index contributed by atoms with van der Waals surface area (Å²) in [7, 11) is -3.71. The topological polar surface area (TPSA) is 86.8 Å². The van der Waals surface area contributed by atoms with E-state index in [9.17, 15) is 18.0 Å². The van der Waals surface area contributed by atoms with Gasteiger partial charge in [-0.15, -0.1) is 0 Å². The quantitative estimate of drug-likeness (QED) is 0.222. The van der Waals surface area contributed by atoms with Gasteiger partial charge in [-0.2, -0.15) is 0 Å². The summed E-state index contributed by atoms with van der Waals surface area (Å²) in [6, 6.07) is 27.8. The van der Waals surface area contributed by atoms with E-state index in [1.165, 1.54) is 4.31 Å². The zero-order valence-electron chi connectivity index (χ0n) is 25.0. The molecule has 1 unspecified atom stereocenters. The smallest absolute Gasteiger partial charge is 0.265 e. The van der Waals surface area contributed by atoms with Crippen molar-refractivity contribution in [1.29, 1.82) is 0 Å². The minimum Gasteiger partial charge on any atom is -0.354 e. The van der Waals surface area contributed by atoms with Gasteiger partial charge in [-0.3, -0.25) is 13.9 Å². The predicted octanol–water partition coefficient (Wildman–Crippen LogP) is 5.85. The number of carbonyl (C=O) groups is 2. The zero-order valence-corrected chi connectivity index (χ0v) is 25.8. The van der Waals surface area contributed by atoms with Gasteiger partial charge in [0.05, 0.1) is 10.6 Å². The molecule has 1 atom stereocenters. The summed E-state index contributed by atoms with van der Waals surface area (Å²) in [5.74, 6) is -0.113. The first-order valence-electron chi connectivity index (χ1n) is 14.9. The minimum atomic E-state index is -3.71. The summed E-state index contributed by atoms with van der Waals surface area (Å²) in [6.45, 7) is 7.03. The maximum Gasteiger partial charge on any atom is 0.265 e. The predicted molar refractivity (Wildman–Crippen MR) is 171 cm³/mol. The van der Waals surface area contributed by atoms with Crippen molar-refractivity contribution in [2.75, 3.05) is 17.4 Å². The first-order valence-corrected chi connectivity index (χ1v) is 16.3. The minimum absolute atomic E-state index is 0.104. The molecule has 1 N–H and O–H groups in total. The van der Waals surface area contributed by atoms with Crippen LogP contribution < -0.4 is 9.62 Å². The van der Waals surface area contributed by atoms with Crippen molar-refractivity contribution in [2.24, 2.45) is 5.92 Å². The summed E-state index contributed by atoms with van der Waals surface area (Å²) in [5.41, 5.74) is 3.61. The van der Waals surface area contributed by atoms with Gasteiger partial charge in [-0.25, -0.2) is 8.42 Å². The lowest BCUT2D eigenvalue weighted by atomic mass is 10.0. The van der Waals surface area contributed by atoms with Gasteiger partial charge in [-0.05, 0) is 53.5 Å². The highest BCUT2D eigenvalue weighted by Gasteiger charge is 2.36. The Kier molecular flexibility index (Phi) is 9.16. The Morgan fingerprint density at radius 2 is 1.58 bits per heavy atom. The average molecular weight is 598 g/mol. The number of anilines is 1. The Labute approximate surface area is 254 Å². The van der Waals surface area contributed by atoms with E-state index in [0.717, 1.165) is 27.5 Å². The highest BCUT2D eigenvalue weighted by molar-refractivity contribution is 7.93. The molecule has 0 spiro atoms. The number of rotatable bonds is 12. The van der Waals surface area contributed by atoms with E-state index in [-0.39, 0.29) is 37.2 Å². The van der Waals surface area contributed by atoms with Crippen molar-refractivity contribution in [1.82, 2.24) is 10.2 Å². The molecule has 2 amide bonds. The van der Waals surface area contributed by atoms with Gasteiger partial charge >= 0.3 is 0 Å². The van der Waals surface area contributed by atoms with E-state index in [0.29, 0.717) is 30.0 Å². The fraction of sp³-hybridized carbons (Fsp3) is 0.314. The normalized spacial score (nSPS) is 14.2. The molecule has 0 aliphatic carbocycles. The molecule has 43 heavy (non-hydrogen) atoms. The second kappa shape index (κ2) is 13.0. The number of hydrogen-bond donors (Lipinski definition) is 1. The Hall–Kier alpha value is -4.17. The largest absolute Gasteiger partial charge is 0.354 e. The standard InChI is InChI=1S/C35H39N3O4S/c1-25(2)23-36-35(40)31(22-27-13-5-4-6-14-27)37(24-29-15-8-7-12-26(29)3)33(39)20-11-21-38-30-18-9-16-28-17-10-19-32(34(28)30)43(38,41)42/h4-10,12-19,25,31H,11,20-24H2,1-3H3,(H,36,40). The van der Waals surface area contributed by atoms with Crippen molar-refractivity contribution in [3.63, 3.8) is 0 Å². The van der Waals surface area contributed by atoms with Crippen molar-refractivity contribution in [2.45, 2.75) is 57.5 Å². The van der Waals surface area contributed by atoms with Gasteiger partial charge in [0.15, 0.2) is 0 Å². The SMILES string of the molecule is Cc1ccccc1CN(C(=O)CCCN1c2cccc3cccc(c23)S1(=O)=O)C(Cc1ccccc1)C(=O)NCC(C)C. The molecule has 0 saturated heterocycles. The molecule has 1 aliphatic rings. The molecule has 8 heteroatoms. The molecule has 0 saturated carbocycles. The van der Waals surface area contributed by atoms with E-state index < -0.39 is 16.1 Å². The summed E-state index contributed by atoms with van der Waals surface area (Å²) in [6.07, 6.45) is 0.797. The molecule has 224 valence electrons. The molecular formula is C35H39N3O4S. The molecule has 1 aliphatic heterocycles. The van der Waals surface area contributed by atoms with Crippen LogP contribution in [-0.4, -0.2) is 44.3 Å². The van der Waals surface area contributed by atoms with Crippen LogP contribution in [0.3, 0.4) is 0 Å². The Morgan fingerprint density at radius 1 is 0.884 bits per heavy atom. The molecule has 4 aromatic carbocycles. The number of sulfonamides is 1. The van der Waals surface area contributed by atoms with Crippen LogP contribution in [0.1, 0.15) is 43.4 Å². The molecule has 0 fully saturated rings. The number of carbonyl (C=O) groups excluding carboxylic acids is 2. The first kappa shape index (κ1) is 30.3. The average Bonchev–Trinajstić information content (AvgIpc) is 3.22. The van der Waals surface area contributed by atoms with Crippen LogP contribution in [0.15, 0.2) is 95.9 Å². The van der Waals surface area contributed by atoms with Gasteiger partial charge in [-0.1, -0.05) is 92.7 Å². The van der Waals surface area contributed by atoms with E-state index in [1.807, 2.05) is 99.6 Å². The van der Waals surface area contributed by atoms with Gasteiger partial charge in [0, 0.05) is 37.9 Å². The molecule has 0 bridgehead atoms. The number of amides is 2. The summed E-state index contributed by atoms with van der Waals surface area (Å²) < 4.78 is 28.3. The number of nitrogens with one attached hydrogen (secondary N) is 1. The lowest BCUT2D eigenvalue weighted by Crippen LogP contribution is -2.51. The maximum atomic E-state index is 14.1. The number of nitrogens with zero attached hydrogens (tertiary/aromatic N) is 2. The summed E-state index contributed by atoms with van der Waals surface area (Å²) in [4.78, 5) is 29.7. The van der Waals surface area contributed by atoms with Crippen molar-refractivity contribution in [3.8, 4) is 0 Å². The third kappa shape index (κ3) is 6.59. The highest BCUT2D eigenvalue weighted by Crippen LogP contribution is 2.42. The fourth-order valence-electron chi connectivity index (χ4n) is 5.66. The third-order valence-electron chi connectivity index (χ3n) is 7.99. The Morgan fingerprint density at radius 3 is 2.30 bits per heavy atom. The van der Waals surface area contributed by atoms with E-state index in [1.54, 1.807) is 17.0 Å². The zero-order chi connectivity index (χ0) is 30.6. The molecule has 5 rings (SSSR count). The van der Waals surface area contributed by atoms with Crippen LogP contribution in [0, 0.1) is 12.8 Å². The van der Waals surface area contributed by atoms with Crippen molar-refractivity contribution in [3.05, 3.63) is 108 Å². The van der Waals surface area contributed by atoms with Crippen LogP contribution in [0.25, 0.3) is 10.8 Å². The third-order valence-corrected chi connectivity index (χ3v) is 9.85. The number of hydrogen-bond acceptors (Lipinski definition) is 4. The first-order chi connectivity index (χ1) is 20.7. The lowest BCUT2D eigenvalue weighted by Gasteiger charge is -2.32. The van der Waals surface area contributed by atoms with Crippen molar-refractivity contribution >= 4 is 38.3 Å². The molecule has 0 aromatic heterocycles. The molecule has 1 heterocycles. The van der Waals surface area contributed by atoms with Gasteiger partial charge in [0.25, 0.3) is 10.0 Å². The van der Waals surface area contributed by atoms with E-state index in [2.05, 4.69) is 5.32 Å². The molecule has 4 aromatic rings. The van der Waals surface area contributed by atoms with Crippen LogP contribution >= 0.6 is 0 Å². The maximum absolute atomic E-state index is 14.1. The Bertz CT molecular complexity index is 1710. The van der Waals surface area contributed by atoms with Crippen LogP contribution in [0.5, 0.6) is 0 Å².